The van der Waals surface area contributed by atoms with E-state index >= 15 is 0 Å². The van der Waals surface area contributed by atoms with Crippen LogP contribution >= 0.6 is 11.3 Å². The standard InChI is InChI=1S/C26H29FN6O2S/c1-5-33-22(12-20(32-33)21-13-36-15-30-21)24(34)29-14-26(4,35)23-11-17(25(2,3)28)10-19(31-23)16-6-8-18(27)9-7-16/h6-13,15,35H,5,14,28H2,1-4H3,(H,29,34). The van der Waals surface area contributed by atoms with E-state index in [-0.39, 0.29) is 18.3 Å². The SMILES string of the molecule is CCn1nc(-c2cscn2)cc1C(=O)NCC(C)(O)c1cc(C(C)(C)N)cc(-c2ccc(F)cc2)n1. The zero-order valence-electron chi connectivity index (χ0n) is 20.6. The number of aryl methyl sites for hydroxylation is 1. The van der Waals surface area contributed by atoms with Crippen molar-refractivity contribution in [3.8, 4) is 22.6 Å². The number of nitrogens with two attached hydrogens (primary N) is 1. The quantitative estimate of drug-likeness (QED) is 0.330. The monoisotopic (exact) mass is 508 g/mol. The molecule has 0 saturated heterocycles. The number of hydrogen-bond donors (Lipinski definition) is 3. The first kappa shape index (κ1) is 25.6. The molecule has 1 aromatic carbocycles. The molecule has 0 aliphatic carbocycles. The highest BCUT2D eigenvalue weighted by atomic mass is 32.1. The molecule has 4 rings (SSSR count). The lowest BCUT2D eigenvalue weighted by Gasteiger charge is -2.27. The molecule has 0 radical (unpaired) electrons. The Balaban J connectivity index is 1.61. The molecule has 4 aromatic rings. The minimum absolute atomic E-state index is 0.100. The number of carbonyl (C=O) groups is 1. The van der Waals surface area contributed by atoms with Gasteiger partial charge in [0.15, 0.2) is 0 Å². The fraction of sp³-hybridized carbons (Fsp3) is 0.308. The normalized spacial score (nSPS) is 13.4. The lowest BCUT2D eigenvalue weighted by atomic mass is 9.90. The van der Waals surface area contributed by atoms with Gasteiger partial charge >= 0.3 is 0 Å². The summed E-state index contributed by atoms with van der Waals surface area (Å²) in [5.41, 5.74) is 9.83. The largest absolute Gasteiger partial charge is 0.382 e. The maximum Gasteiger partial charge on any atom is 0.269 e. The molecule has 0 aliphatic rings. The summed E-state index contributed by atoms with van der Waals surface area (Å²) in [6, 6.07) is 11.2. The van der Waals surface area contributed by atoms with E-state index in [0.29, 0.717) is 40.6 Å². The van der Waals surface area contributed by atoms with Crippen LogP contribution in [0.2, 0.25) is 0 Å². The van der Waals surface area contributed by atoms with Crippen LogP contribution in [-0.4, -0.2) is 37.3 Å². The van der Waals surface area contributed by atoms with Crippen LogP contribution in [0.15, 0.2) is 53.4 Å². The molecule has 0 spiro atoms. The average Bonchev–Trinajstić information content (AvgIpc) is 3.52. The number of aliphatic hydroxyl groups is 1. The predicted octanol–water partition coefficient (Wildman–Crippen LogP) is 4.06. The molecule has 0 bridgehead atoms. The van der Waals surface area contributed by atoms with Gasteiger partial charge in [-0.25, -0.2) is 14.4 Å². The van der Waals surface area contributed by atoms with Gasteiger partial charge < -0.3 is 16.2 Å². The molecule has 1 amide bonds. The van der Waals surface area contributed by atoms with Crippen LogP contribution in [0, 0.1) is 5.82 Å². The van der Waals surface area contributed by atoms with Crippen molar-refractivity contribution in [1.29, 1.82) is 0 Å². The molecule has 3 aromatic heterocycles. The highest BCUT2D eigenvalue weighted by Gasteiger charge is 2.29. The molecule has 1 atom stereocenters. The number of thiazole rings is 1. The summed E-state index contributed by atoms with van der Waals surface area (Å²) in [5, 5.41) is 20.5. The molecule has 0 saturated carbocycles. The number of rotatable bonds is 8. The number of benzene rings is 1. The number of halogens is 1. The summed E-state index contributed by atoms with van der Waals surface area (Å²) < 4.78 is 15.1. The second-order valence-electron chi connectivity index (χ2n) is 9.42. The van der Waals surface area contributed by atoms with Crippen LogP contribution in [0.1, 0.15) is 49.4 Å². The molecule has 36 heavy (non-hydrogen) atoms. The number of aromatic nitrogens is 4. The molecular weight excluding hydrogens is 479 g/mol. The fourth-order valence-corrected chi connectivity index (χ4v) is 4.23. The fourth-order valence-electron chi connectivity index (χ4n) is 3.69. The second kappa shape index (κ2) is 9.88. The summed E-state index contributed by atoms with van der Waals surface area (Å²) in [6.07, 6.45) is 0. The van der Waals surface area contributed by atoms with Crippen LogP contribution < -0.4 is 11.1 Å². The molecule has 188 valence electrons. The predicted molar refractivity (Wildman–Crippen MR) is 138 cm³/mol. The number of hydrogen-bond acceptors (Lipinski definition) is 7. The van der Waals surface area contributed by atoms with Crippen molar-refractivity contribution in [2.75, 3.05) is 6.54 Å². The number of nitrogens with zero attached hydrogens (tertiary/aromatic N) is 4. The van der Waals surface area contributed by atoms with Gasteiger partial charge in [-0.05, 0) is 75.7 Å². The first-order valence-corrected chi connectivity index (χ1v) is 12.5. The Morgan fingerprint density at radius 3 is 2.47 bits per heavy atom. The van der Waals surface area contributed by atoms with Gasteiger partial charge in [-0.3, -0.25) is 9.48 Å². The number of carbonyl (C=O) groups excluding carboxylic acids is 1. The highest BCUT2D eigenvalue weighted by Crippen LogP contribution is 2.29. The van der Waals surface area contributed by atoms with Crippen LogP contribution in [-0.2, 0) is 17.7 Å². The van der Waals surface area contributed by atoms with Crippen molar-refractivity contribution < 1.29 is 14.3 Å². The minimum atomic E-state index is -1.51. The topological polar surface area (TPSA) is 119 Å². The van der Waals surface area contributed by atoms with Crippen molar-refractivity contribution in [3.63, 3.8) is 0 Å². The number of amides is 1. The van der Waals surface area contributed by atoms with Crippen molar-refractivity contribution in [3.05, 3.63) is 76.1 Å². The zero-order valence-corrected chi connectivity index (χ0v) is 21.4. The van der Waals surface area contributed by atoms with E-state index in [2.05, 4.69) is 20.4 Å². The number of pyridine rings is 1. The van der Waals surface area contributed by atoms with Gasteiger partial charge in [-0.1, -0.05) is 0 Å². The van der Waals surface area contributed by atoms with E-state index in [1.807, 2.05) is 32.2 Å². The Hall–Kier alpha value is -3.47. The molecule has 0 aliphatic heterocycles. The van der Waals surface area contributed by atoms with E-state index in [1.165, 1.54) is 23.5 Å². The van der Waals surface area contributed by atoms with Gasteiger partial charge in [0.2, 0.25) is 0 Å². The smallest absolute Gasteiger partial charge is 0.269 e. The lowest BCUT2D eigenvalue weighted by Crippen LogP contribution is -2.40. The first-order chi connectivity index (χ1) is 17.0. The van der Waals surface area contributed by atoms with Gasteiger partial charge in [0.25, 0.3) is 5.91 Å². The summed E-state index contributed by atoms with van der Waals surface area (Å²) in [5.74, 6) is -0.728. The maximum atomic E-state index is 13.5. The Morgan fingerprint density at radius 2 is 1.86 bits per heavy atom. The Labute approximate surface area is 213 Å². The van der Waals surface area contributed by atoms with E-state index < -0.39 is 11.1 Å². The van der Waals surface area contributed by atoms with Crippen LogP contribution in [0.5, 0.6) is 0 Å². The zero-order chi connectivity index (χ0) is 26.1. The van der Waals surface area contributed by atoms with Crippen molar-refractivity contribution in [2.45, 2.75) is 45.4 Å². The van der Waals surface area contributed by atoms with E-state index in [0.717, 1.165) is 5.56 Å². The minimum Gasteiger partial charge on any atom is -0.382 e. The van der Waals surface area contributed by atoms with E-state index in [4.69, 9.17) is 5.73 Å². The molecule has 4 N–H and O–H groups in total. The van der Waals surface area contributed by atoms with Crippen LogP contribution in [0.25, 0.3) is 22.6 Å². The lowest BCUT2D eigenvalue weighted by molar-refractivity contribution is 0.0486. The molecule has 3 heterocycles. The van der Waals surface area contributed by atoms with E-state index in [9.17, 15) is 14.3 Å². The van der Waals surface area contributed by atoms with Gasteiger partial charge in [-0.15, -0.1) is 11.3 Å². The summed E-state index contributed by atoms with van der Waals surface area (Å²) in [7, 11) is 0. The molecule has 8 nitrogen and oxygen atoms in total. The number of nitrogens with one attached hydrogen (secondary N) is 1. The molecular formula is C26H29FN6O2S. The first-order valence-electron chi connectivity index (χ1n) is 11.5. The second-order valence-corrected chi connectivity index (χ2v) is 10.1. The average molecular weight is 509 g/mol. The summed E-state index contributed by atoms with van der Waals surface area (Å²) >= 11 is 1.45. The van der Waals surface area contributed by atoms with Gasteiger partial charge in [-0.2, -0.15) is 5.10 Å². The third kappa shape index (κ3) is 5.51. The Morgan fingerprint density at radius 1 is 1.14 bits per heavy atom. The molecule has 1 unspecified atom stereocenters. The van der Waals surface area contributed by atoms with Gasteiger partial charge in [0.05, 0.1) is 23.4 Å². The maximum absolute atomic E-state index is 13.5. The van der Waals surface area contributed by atoms with Gasteiger partial charge in [0.1, 0.15) is 28.5 Å². The summed E-state index contributed by atoms with van der Waals surface area (Å²) in [6.45, 7) is 7.57. The Kier molecular flexibility index (Phi) is 7.03. The van der Waals surface area contributed by atoms with Crippen LogP contribution in [0.4, 0.5) is 4.39 Å². The third-order valence-electron chi connectivity index (χ3n) is 5.86. The highest BCUT2D eigenvalue weighted by molar-refractivity contribution is 7.07. The Bertz CT molecular complexity index is 1360. The van der Waals surface area contributed by atoms with Crippen molar-refractivity contribution in [2.24, 2.45) is 5.73 Å². The molecule has 10 heteroatoms. The van der Waals surface area contributed by atoms with Crippen molar-refractivity contribution in [1.82, 2.24) is 25.1 Å². The molecule has 0 fully saturated rings. The van der Waals surface area contributed by atoms with Crippen molar-refractivity contribution >= 4 is 17.2 Å². The van der Waals surface area contributed by atoms with E-state index in [1.54, 1.807) is 41.4 Å². The summed E-state index contributed by atoms with van der Waals surface area (Å²) in [4.78, 5) is 21.9. The van der Waals surface area contributed by atoms with Crippen LogP contribution in [0.3, 0.4) is 0 Å². The van der Waals surface area contributed by atoms with Gasteiger partial charge in [0, 0.05) is 23.0 Å². The third-order valence-corrected chi connectivity index (χ3v) is 6.45.